The molecule has 24 heavy (non-hydrogen) atoms. The third kappa shape index (κ3) is 3.12. The van der Waals surface area contributed by atoms with Gasteiger partial charge in [-0.2, -0.15) is 0 Å². The number of nitrogens with one attached hydrogen (secondary N) is 1. The summed E-state index contributed by atoms with van der Waals surface area (Å²) in [6.07, 6.45) is -1.09. The summed E-state index contributed by atoms with van der Waals surface area (Å²) in [7, 11) is 0. The van der Waals surface area contributed by atoms with E-state index in [9.17, 15) is 14.4 Å². The molecule has 0 saturated heterocycles. The predicted octanol–water partition coefficient (Wildman–Crippen LogP) is 2.28. The summed E-state index contributed by atoms with van der Waals surface area (Å²) in [5.41, 5.74) is 1.69. The van der Waals surface area contributed by atoms with Crippen LogP contribution in [0.5, 0.6) is 0 Å². The van der Waals surface area contributed by atoms with Crippen molar-refractivity contribution >= 4 is 29.2 Å². The lowest BCUT2D eigenvalue weighted by Gasteiger charge is -2.31. The molecule has 6 nitrogen and oxygen atoms in total. The number of carbonyl (C=O) groups excluding carboxylic acids is 3. The molecule has 0 radical (unpaired) electrons. The highest BCUT2D eigenvalue weighted by atomic mass is 16.5. The fourth-order valence-electron chi connectivity index (χ4n) is 2.63. The molecule has 1 aliphatic heterocycles. The van der Waals surface area contributed by atoms with Crippen molar-refractivity contribution < 1.29 is 19.1 Å². The standard InChI is InChI=1S/C18H16N2O4/c1-12(21)24-17(13-7-3-2-4-8-13)18(23)20-11-16(22)19-14-9-5-6-10-15(14)20/h2-10,17H,11H2,1H3,(H,19,22). The minimum absolute atomic E-state index is 0.125. The summed E-state index contributed by atoms with van der Waals surface area (Å²) in [6, 6.07) is 15.8. The lowest BCUT2D eigenvalue weighted by Crippen LogP contribution is -2.45. The zero-order valence-electron chi connectivity index (χ0n) is 13.1. The monoisotopic (exact) mass is 324 g/mol. The summed E-state index contributed by atoms with van der Waals surface area (Å²) in [4.78, 5) is 37.7. The fraction of sp³-hybridized carbons (Fsp3) is 0.167. The van der Waals surface area contributed by atoms with E-state index < -0.39 is 18.0 Å². The van der Waals surface area contributed by atoms with Gasteiger partial charge >= 0.3 is 5.97 Å². The van der Waals surface area contributed by atoms with E-state index in [2.05, 4.69) is 5.32 Å². The molecule has 1 unspecified atom stereocenters. The fourth-order valence-corrected chi connectivity index (χ4v) is 2.63. The van der Waals surface area contributed by atoms with Crippen LogP contribution in [0.4, 0.5) is 11.4 Å². The Labute approximate surface area is 139 Å². The first-order valence-corrected chi connectivity index (χ1v) is 7.48. The van der Waals surface area contributed by atoms with Gasteiger partial charge in [0, 0.05) is 12.5 Å². The molecular weight excluding hydrogens is 308 g/mol. The molecule has 0 saturated carbocycles. The van der Waals surface area contributed by atoms with E-state index in [4.69, 9.17) is 4.74 Å². The molecule has 2 aromatic carbocycles. The molecular formula is C18H16N2O4. The van der Waals surface area contributed by atoms with E-state index in [1.807, 2.05) is 6.07 Å². The number of ether oxygens (including phenoxy) is 1. The van der Waals surface area contributed by atoms with Crippen molar-refractivity contribution in [3.63, 3.8) is 0 Å². The van der Waals surface area contributed by atoms with Crippen molar-refractivity contribution in [2.75, 3.05) is 16.8 Å². The maximum absolute atomic E-state index is 13.0. The van der Waals surface area contributed by atoms with Gasteiger partial charge in [0.25, 0.3) is 5.91 Å². The first-order chi connectivity index (χ1) is 11.6. The molecule has 2 amide bonds. The molecule has 1 atom stereocenters. The number of hydrogen-bond acceptors (Lipinski definition) is 4. The van der Waals surface area contributed by atoms with Gasteiger partial charge in [0.05, 0.1) is 11.4 Å². The van der Waals surface area contributed by atoms with Crippen LogP contribution < -0.4 is 10.2 Å². The lowest BCUT2D eigenvalue weighted by atomic mass is 10.1. The van der Waals surface area contributed by atoms with E-state index in [1.165, 1.54) is 11.8 Å². The van der Waals surface area contributed by atoms with Gasteiger partial charge in [0.15, 0.2) is 0 Å². The van der Waals surface area contributed by atoms with Gasteiger partial charge in [-0.1, -0.05) is 42.5 Å². The normalized spacial score (nSPS) is 14.4. The number of esters is 1. The molecule has 0 fully saturated rings. The van der Waals surface area contributed by atoms with Gasteiger partial charge in [-0.3, -0.25) is 19.3 Å². The van der Waals surface area contributed by atoms with E-state index in [1.54, 1.807) is 48.5 Å². The molecule has 0 aliphatic carbocycles. The molecule has 0 aromatic heterocycles. The SMILES string of the molecule is CC(=O)OC(C(=O)N1CC(=O)Nc2ccccc21)c1ccccc1. The van der Waals surface area contributed by atoms with E-state index in [-0.39, 0.29) is 12.5 Å². The first kappa shape index (κ1) is 15.7. The van der Waals surface area contributed by atoms with Gasteiger partial charge in [-0.05, 0) is 12.1 Å². The summed E-state index contributed by atoms with van der Waals surface area (Å²) in [6.45, 7) is 1.13. The van der Waals surface area contributed by atoms with Crippen molar-refractivity contribution in [2.24, 2.45) is 0 Å². The zero-order valence-corrected chi connectivity index (χ0v) is 13.1. The van der Waals surface area contributed by atoms with Crippen LogP contribution in [0.15, 0.2) is 54.6 Å². The van der Waals surface area contributed by atoms with Gasteiger partial charge in [0.1, 0.15) is 6.54 Å². The van der Waals surface area contributed by atoms with Crippen LogP contribution in [0.25, 0.3) is 0 Å². The number of carbonyl (C=O) groups is 3. The third-order valence-corrected chi connectivity index (χ3v) is 3.65. The Hall–Kier alpha value is -3.15. The Morgan fingerprint density at radius 1 is 1.08 bits per heavy atom. The second kappa shape index (κ2) is 6.54. The highest BCUT2D eigenvalue weighted by Gasteiger charge is 2.34. The quantitative estimate of drug-likeness (QED) is 0.879. The van der Waals surface area contributed by atoms with Crippen LogP contribution in [0.2, 0.25) is 0 Å². The van der Waals surface area contributed by atoms with Gasteiger partial charge in [-0.15, -0.1) is 0 Å². The van der Waals surface area contributed by atoms with E-state index in [0.717, 1.165) is 0 Å². The van der Waals surface area contributed by atoms with Crippen LogP contribution in [-0.2, 0) is 19.1 Å². The molecule has 3 rings (SSSR count). The molecule has 2 aromatic rings. The van der Waals surface area contributed by atoms with Crippen LogP contribution in [0, 0.1) is 0 Å². The number of benzene rings is 2. The van der Waals surface area contributed by atoms with Crippen LogP contribution in [0.1, 0.15) is 18.6 Å². The van der Waals surface area contributed by atoms with Crippen molar-refractivity contribution in [2.45, 2.75) is 13.0 Å². The molecule has 6 heteroatoms. The lowest BCUT2D eigenvalue weighted by molar-refractivity contribution is -0.153. The topological polar surface area (TPSA) is 75.7 Å². The van der Waals surface area contributed by atoms with Crippen molar-refractivity contribution in [1.82, 2.24) is 0 Å². The average molecular weight is 324 g/mol. The Bertz CT molecular complexity index is 789. The molecule has 1 N–H and O–H groups in total. The third-order valence-electron chi connectivity index (χ3n) is 3.65. The molecule has 1 aliphatic rings. The molecule has 122 valence electrons. The number of nitrogens with zero attached hydrogens (tertiary/aromatic N) is 1. The Balaban J connectivity index is 1.99. The summed E-state index contributed by atoms with van der Waals surface area (Å²) >= 11 is 0. The maximum atomic E-state index is 13.0. The van der Waals surface area contributed by atoms with E-state index in [0.29, 0.717) is 16.9 Å². The smallest absolute Gasteiger partial charge is 0.303 e. The highest BCUT2D eigenvalue weighted by molar-refractivity contribution is 6.11. The number of rotatable bonds is 3. The number of anilines is 2. The largest absolute Gasteiger partial charge is 0.447 e. The summed E-state index contributed by atoms with van der Waals surface area (Å²) in [5.74, 6) is -1.32. The molecule has 0 bridgehead atoms. The molecule has 1 heterocycles. The zero-order chi connectivity index (χ0) is 17.1. The van der Waals surface area contributed by atoms with E-state index >= 15 is 0 Å². The van der Waals surface area contributed by atoms with Crippen molar-refractivity contribution in [1.29, 1.82) is 0 Å². The summed E-state index contributed by atoms with van der Waals surface area (Å²) < 4.78 is 5.24. The first-order valence-electron chi connectivity index (χ1n) is 7.48. The predicted molar refractivity (Wildman–Crippen MR) is 88.4 cm³/mol. The Morgan fingerprint density at radius 2 is 1.75 bits per heavy atom. The van der Waals surface area contributed by atoms with Crippen LogP contribution >= 0.6 is 0 Å². The van der Waals surface area contributed by atoms with Gasteiger partial charge < -0.3 is 10.1 Å². The van der Waals surface area contributed by atoms with Gasteiger partial charge in [0.2, 0.25) is 12.0 Å². The second-order valence-corrected chi connectivity index (χ2v) is 5.39. The summed E-state index contributed by atoms with van der Waals surface area (Å²) in [5, 5.41) is 2.72. The van der Waals surface area contributed by atoms with Crippen LogP contribution in [0.3, 0.4) is 0 Å². The number of amides is 2. The maximum Gasteiger partial charge on any atom is 0.303 e. The highest BCUT2D eigenvalue weighted by Crippen LogP contribution is 2.32. The van der Waals surface area contributed by atoms with Crippen LogP contribution in [-0.4, -0.2) is 24.3 Å². The second-order valence-electron chi connectivity index (χ2n) is 5.39. The molecule has 0 spiro atoms. The Kier molecular flexibility index (Phi) is 4.29. The average Bonchev–Trinajstić information content (AvgIpc) is 2.59. The van der Waals surface area contributed by atoms with Crippen molar-refractivity contribution in [3.05, 3.63) is 60.2 Å². The number of fused-ring (bicyclic) bond motifs is 1. The minimum Gasteiger partial charge on any atom is -0.447 e. The Morgan fingerprint density at radius 3 is 2.46 bits per heavy atom. The van der Waals surface area contributed by atoms with Gasteiger partial charge in [-0.25, -0.2) is 0 Å². The number of hydrogen-bond donors (Lipinski definition) is 1. The minimum atomic E-state index is -1.09. The van der Waals surface area contributed by atoms with Crippen molar-refractivity contribution in [3.8, 4) is 0 Å². The number of para-hydroxylation sites is 2.